The summed E-state index contributed by atoms with van der Waals surface area (Å²) in [5.41, 5.74) is -0.405. The van der Waals surface area contributed by atoms with Gasteiger partial charge in [-0.3, -0.25) is 0 Å². The third-order valence-electron chi connectivity index (χ3n) is 2.65. The van der Waals surface area contributed by atoms with Gasteiger partial charge in [0.1, 0.15) is 0 Å². The van der Waals surface area contributed by atoms with Crippen molar-refractivity contribution < 1.29 is 17.9 Å². The number of ether oxygens (including phenoxy) is 1. The predicted molar refractivity (Wildman–Crippen MR) is 51.4 cm³/mol. The fourth-order valence-corrected chi connectivity index (χ4v) is 1.64. The van der Waals surface area contributed by atoms with Crippen LogP contribution in [0.15, 0.2) is 12.3 Å². The molecule has 1 N–H and O–H groups in total. The van der Waals surface area contributed by atoms with Crippen molar-refractivity contribution in [1.29, 1.82) is 0 Å². The minimum absolute atomic E-state index is 0.0108. The molecule has 16 heavy (non-hydrogen) atoms. The number of aromatic nitrogens is 1. The maximum Gasteiger partial charge on any atom is 0.416 e. The Morgan fingerprint density at radius 3 is 2.56 bits per heavy atom. The Kier molecular flexibility index (Phi) is 2.75. The molecule has 1 aliphatic rings. The lowest BCUT2D eigenvalue weighted by Gasteiger charge is -2.29. The number of alkyl halides is 3. The van der Waals surface area contributed by atoms with Crippen molar-refractivity contribution in [3.8, 4) is 5.88 Å². The largest absolute Gasteiger partial charge is 0.481 e. The van der Waals surface area contributed by atoms with E-state index in [9.17, 15) is 13.2 Å². The Bertz CT molecular complexity index is 388. The Morgan fingerprint density at radius 1 is 1.44 bits per heavy atom. The first-order chi connectivity index (χ1) is 7.52. The van der Waals surface area contributed by atoms with Crippen LogP contribution in [-0.4, -0.2) is 25.2 Å². The highest BCUT2D eigenvalue weighted by molar-refractivity contribution is 5.36. The zero-order valence-corrected chi connectivity index (χ0v) is 8.64. The molecule has 0 aliphatic carbocycles. The van der Waals surface area contributed by atoms with Gasteiger partial charge in [0.25, 0.3) is 0 Å². The number of nitrogens with zero attached hydrogens (tertiary/aromatic N) is 1. The quantitative estimate of drug-likeness (QED) is 0.844. The van der Waals surface area contributed by atoms with E-state index in [0.717, 1.165) is 6.07 Å². The van der Waals surface area contributed by atoms with Gasteiger partial charge in [0.05, 0.1) is 12.7 Å². The number of pyridine rings is 1. The van der Waals surface area contributed by atoms with Crippen molar-refractivity contribution in [2.24, 2.45) is 0 Å². The van der Waals surface area contributed by atoms with Crippen LogP contribution in [0.3, 0.4) is 0 Å². The van der Waals surface area contributed by atoms with E-state index in [1.54, 1.807) is 0 Å². The lowest BCUT2D eigenvalue weighted by atomic mass is 9.91. The number of nitrogens with one attached hydrogen (secondary N) is 1. The Morgan fingerprint density at radius 2 is 2.12 bits per heavy atom. The van der Waals surface area contributed by atoms with Gasteiger partial charge in [-0.2, -0.15) is 13.2 Å². The normalized spacial score (nSPS) is 17.0. The fraction of sp³-hybridized carbons (Fsp3) is 0.500. The number of rotatable bonds is 2. The highest BCUT2D eigenvalue weighted by Crippen LogP contribution is 2.37. The first-order valence-electron chi connectivity index (χ1n) is 4.84. The number of hydrogen-bond acceptors (Lipinski definition) is 3. The zero-order valence-electron chi connectivity index (χ0n) is 8.64. The topological polar surface area (TPSA) is 34.1 Å². The van der Waals surface area contributed by atoms with E-state index in [4.69, 9.17) is 4.74 Å². The maximum absolute atomic E-state index is 12.8. The molecule has 1 aromatic rings. The van der Waals surface area contributed by atoms with Crippen LogP contribution in [-0.2, 0) is 6.18 Å². The molecule has 0 radical (unpaired) electrons. The highest BCUT2D eigenvalue weighted by atomic mass is 19.4. The predicted octanol–water partition coefficient (Wildman–Crippen LogP) is 1.80. The maximum atomic E-state index is 12.8. The molecule has 2 heterocycles. The molecule has 88 valence electrons. The third-order valence-corrected chi connectivity index (χ3v) is 2.65. The lowest BCUT2D eigenvalue weighted by Crippen LogP contribution is -2.40. The molecule has 0 spiro atoms. The summed E-state index contributed by atoms with van der Waals surface area (Å²) in [6.07, 6.45) is -3.10. The monoisotopic (exact) mass is 232 g/mol. The van der Waals surface area contributed by atoms with Gasteiger partial charge >= 0.3 is 6.18 Å². The van der Waals surface area contributed by atoms with Crippen LogP contribution >= 0.6 is 0 Å². The van der Waals surface area contributed by atoms with E-state index in [1.807, 2.05) is 0 Å². The van der Waals surface area contributed by atoms with E-state index < -0.39 is 11.7 Å². The second-order valence-electron chi connectivity index (χ2n) is 3.67. The summed E-state index contributed by atoms with van der Waals surface area (Å²) in [4.78, 5) is 3.82. The molecular weight excluding hydrogens is 221 g/mol. The van der Waals surface area contributed by atoms with E-state index in [0.29, 0.717) is 13.1 Å². The molecule has 1 fully saturated rings. The molecule has 1 saturated heterocycles. The van der Waals surface area contributed by atoms with E-state index in [-0.39, 0.29) is 17.4 Å². The van der Waals surface area contributed by atoms with Gasteiger partial charge < -0.3 is 10.1 Å². The van der Waals surface area contributed by atoms with Crippen molar-refractivity contribution in [2.75, 3.05) is 20.2 Å². The summed E-state index contributed by atoms with van der Waals surface area (Å²) in [5.74, 6) is -0.113. The Hall–Kier alpha value is -1.30. The average molecular weight is 232 g/mol. The molecule has 3 nitrogen and oxygen atoms in total. The van der Waals surface area contributed by atoms with Gasteiger partial charge in [-0.25, -0.2) is 4.98 Å². The number of halogens is 3. The molecule has 6 heteroatoms. The first kappa shape index (κ1) is 11.2. The van der Waals surface area contributed by atoms with E-state index >= 15 is 0 Å². The first-order valence-corrected chi connectivity index (χ1v) is 4.84. The molecular formula is C10H11F3N2O. The zero-order chi connectivity index (χ0) is 11.8. The van der Waals surface area contributed by atoms with Crippen LogP contribution in [0.5, 0.6) is 5.88 Å². The van der Waals surface area contributed by atoms with Crippen molar-refractivity contribution >= 4 is 0 Å². The Labute approximate surface area is 90.6 Å². The van der Waals surface area contributed by atoms with Crippen LogP contribution in [0, 0.1) is 0 Å². The summed E-state index contributed by atoms with van der Waals surface area (Å²) >= 11 is 0. The van der Waals surface area contributed by atoms with Gasteiger partial charge in [-0.05, 0) is 5.56 Å². The second-order valence-corrected chi connectivity index (χ2v) is 3.67. The molecule has 1 aromatic heterocycles. The number of hydrogen-bond donors (Lipinski definition) is 1. The Balaban J connectivity index is 2.42. The van der Waals surface area contributed by atoms with Crippen molar-refractivity contribution in [3.63, 3.8) is 0 Å². The van der Waals surface area contributed by atoms with Crippen LogP contribution < -0.4 is 10.1 Å². The molecule has 0 unspecified atom stereocenters. The minimum Gasteiger partial charge on any atom is -0.481 e. The van der Waals surface area contributed by atoms with Gasteiger partial charge in [-0.1, -0.05) is 0 Å². The van der Waals surface area contributed by atoms with Crippen LogP contribution in [0.2, 0.25) is 0 Å². The molecule has 0 amide bonds. The molecule has 0 bridgehead atoms. The van der Waals surface area contributed by atoms with Gasteiger partial charge in [0.15, 0.2) is 0 Å². The van der Waals surface area contributed by atoms with E-state index in [2.05, 4.69) is 10.3 Å². The second kappa shape index (κ2) is 3.93. The van der Waals surface area contributed by atoms with Gasteiger partial charge in [-0.15, -0.1) is 0 Å². The highest BCUT2D eigenvalue weighted by Gasteiger charge is 2.37. The van der Waals surface area contributed by atoms with Crippen LogP contribution in [0.1, 0.15) is 17.0 Å². The fourth-order valence-electron chi connectivity index (χ4n) is 1.64. The molecule has 0 atom stereocenters. The van der Waals surface area contributed by atoms with E-state index in [1.165, 1.54) is 13.3 Å². The van der Waals surface area contributed by atoms with Crippen molar-refractivity contribution in [2.45, 2.75) is 12.1 Å². The molecule has 0 aromatic carbocycles. The van der Waals surface area contributed by atoms with Crippen LogP contribution in [0.4, 0.5) is 13.2 Å². The molecule has 1 aliphatic heterocycles. The summed E-state index contributed by atoms with van der Waals surface area (Å²) in [5, 5.41) is 2.94. The van der Waals surface area contributed by atoms with Crippen molar-refractivity contribution in [3.05, 3.63) is 23.4 Å². The van der Waals surface area contributed by atoms with Crippen molar-refractivity contribution in [1.82, 2.24) is 10.3 Å². The van der Waals surface area contributed by atoms with Gasteiger partial charge in [0, 0.05) is 31.3 Å². The smallest absolute Gasteiger partial charge is 0.416 e. The summed E-state index contributed by atoms with van der Waals surface area (Å²) in [6, 6.07) is 0.952. The number of methoxy groups -OCH3 is 1. The summed E-state index contributed by atoms with van der Waals surface area (Å²) in [6.45, 7) is 1.13. The summed E-state index contributed by atoms with van der Waals surface area (Å²) < 4.78 is 43.1. The van der Waals surface area contributed by atoms with Gasteiger partial charge in [0.2, 0.25) is 5.88 Å². The molecule has 2 rings (SSSR count). The lowest BCUT2D eigenvalue weighted by molar-refractivity contribution is -0.138. The minimum atomic E-state index is -4.36. The standard InChI is InChI=1S/C10H11F3N2O/c1-16-9-2-8(10(11,12)13)7(5-15-9)6-3-14-4-6/h2,5-6,14H,3-4H2,1H3. The SMILES string of the molecule is COc1cc(C(F)(F)F)c(C2CNC2)cn1. The van der Waals surface area contributed by atoms with Crippen LogP contribution in [0.25, 0.3) is 0 Å². The average Bonchev–Trinajstić information content (AvgIpc) is 2.14. The summed E-state index contributed by atoms with van der Waals surface area (Å²) in [7, 11) is 1.30. The third kappa shape index (κ3) is 1.97. The molecule has 0 saturated carbocycles.